The van der Waals surface area contributed by atoms with E-state index in [1.54, 1.807) is 6.92 Å². The van der Waals surface area contributed by atoms with Gasteiger partial charge in [-0.2, -0.15) is 0 Å². The average molecular weight is 402 g/mol. The summed E-state index contributed by atoms with van der Waals surface area (Å²) >= 11 is 0. The fourth-order valence-electron chi connectivity index (χ4n) is 2.84. The van der Waals surface area contributed by atoms with Crippen LogP contribution in [0.2, 0.25) is 0 Å². The van der Waals surface area contributed by atoms with E-state index in [2.05, 4.69) is 14.2 Å². The Morgan fingerprint density at radius 3 is 2.14 bits per heavy atom. The van der Waals surface area contributed by atoms with Gasteiger partial charge in [-0.25, -0.2) is 14.4 Å². The van der Waals surface area contributed by atoms with Crippen LogP contribution in [-0.4, -0.2) is 73.7 Å². The minimum atomic E-state index is -2.88. The van der Waals surface area contributed by atoms with Gasteiger partial charge in [-0.05, 0) is 20.3 Å². The van der Waals surface area contributed by atoms with Crippen LogP contribution in [-0.2, 0) is 42.9 Å². The summed E-state index contributed by atoms with van der Waals surface area (Å²) in [6.45, 7) is 4.70. The zero-order valence-electron chi connectivity index (χ0n) is 16.8. The average Bonchev–Trinajstić information content (AvgIpc) is 3.00. The molecule has 10 nitrogen and oxygen atoms in total. The molecular formula is C18H26O10. The highest BCUT2D eigenvalue weighted by atomic mass is 16.8. The number of methoxy groups -OCH3 is 3. The van der Waals surface area contributed by atoms with Crippen molar-refractivity contribution in [3.63, 3.8) is 0 Å². The van der Waals surface area contributed by atoms with E-state index in [1.165, 1.54) is 13.8 Å². The lowest BCUT2D eigenvalue weighted by Gasteiger charge is -2.33. The highest BCUT2D eigenvalue weighted by Crippen LogP contribution is 2.39. The largest absolute Gasteiger partial charge is 0.467 e. The van der Waals surface area contributed by atoms with E-state index >= 15 is 0 Å². The van der Waals surface area contributed by atoms with Gasteiger partial charge >= 0.3 is 17.9 Å². The first-order valence-corrected chi connectivity index (χ1v) is 8.56. The number of esters is 3. The summed E-state index contributed by atoms with van der Waals surface area (Å²) in [7, 11) is 2.99. The number of hydrogen-bond acceptors (Lipinski definition) is 10. The van der Waals surface area contributed by atoms with Crippen molar-refractivity contribution >= 4 is 23.7 Å². The third-order valence-corrected chi connectivity index (χ3v) is 4.10. The molecule has 1 aliphatic heterocycles. The number of Topliss-reactive ketones (excluding diaryl/α,β-unsaturated/α-hetero) is 1. The summed E-state index contributed by atoms with van der Waals surface area (Å²) in [6, 6.07) is 0. The standard InChI is InChI=1S/C18H26O10/c1-7-8-11(19)13-14(28-17(2,3)27-13)18(23,16(22)26-6)10(15(21)25-5)9-12(20)24-4/h9,13-14,23H,7-8H2,1-6H3/b10-9+/t13-,14+,18+/m0/s1. The molecule has 0 aromatic rings. The molecule has 10 heteroatoms. The zero-order valence-corrected chi connectivity index (χ0v) is 16.8. The van der Waals surface area contributed by atoms with Gasteiger partial charge in [-0.1, -0.05) is 6.92 Å². The molecule has 1 heterocycles. The van der Waals surface area contributed by atoms with E-state index < -0.39 is 52.9 Å². The van der Waals surface area contributed by atoms with E-state index in [-0.39, 0.29) is 6.42 Å². The second kappa shape index (κ2) is 9.26. The molecule has 1 saturated heterocycles. The van der Waals surface area contributed by atoms with Crippen molar-refractivity contribution in [2.24, 2.45) is 0 Å². The van der Waals surface area contributed by atoms with E-state index in [1.807, 2.05) is 0 Å². The molecule has 158 valence electrons. The summed E-state index contributed by atoms with van der Waals surface area (Å²) in [4.78, 5) is 49.2. The monoisotopic (exact) mass is 402 g/mol. The zero-order chi connectivity index (χ0) is 21.7. The Balaban J connectivity index is 3.65. The Morgan fingerprint density at radius 1 is 1.07 bits per heavy atom. The molecule has 0 amide bonds. The summed E-state index contributed by atoms with van der Waals surface area (Å²) in [5.41, 5.74) is -3.69. The molecule has 0 aliphatic carbocycles. The van der Waals surface area contributed by atoms with Crippen molar-refractivity contribution < 1.29 is 48.0 Å². The van der Waals surface area contributed by atoms with Gasteiger partial charge in [0, 0.05) is 12.5 Å². The van der Waals surface area contributed by atoms with Gasteiger partial charge in [-0.3, -0.25) is 4.79 Å². The smallest absolute Gasteiger partial charge is 0.345 e. The van der Waals surface area contributed by atoms with Gasteiger partial charge < -0.3 is 28.8 Å². The fraction of sp³-hybridized carbons (Fsp3) is 0.667. The minimum Gasteiger partial charge on any atom is -0.467 e. The summed E-state index contributed by atoms with van der Waals surface area (Å²) in [5.74, 6) is -5.42. The van der Waals surface area contributed by atoms with Gasteiger partial charge in [0.25, 0.3) is 0 Å². The minimum absolute atomic E-state index is 0.0755. The maximum atomic E-state index is 12.6. The lowest BCUT2D eigenvalue weighted by atomic mass is 9.82. The van der Waals surface area contributed by atoms with Crippen molar-refractivity contribution in [3.8, 4) is 0 Å². The molecule has 0 saturated carbocycles. The fourth-order valence-corrected chi connectivity index (χ4v) is 2.84. The Hall–Kier alpha value is -2.30. The number of carbonyl (C=O) groups is 4. The maximum Gasteiger partial charge on any atom is 0.345 e. The van der Waals surface area contributed by atoms with Crippen LogP contribution in [0.4, 0.5) is 0 Å². The molecule has 0 spiro atoms. The molecule has 0 radical (unpaired) electrons. The van der Waals surface area contributed by atoms with Gasteiger partial charge in [0.05, 0.1) is 26.9 Å². The lowest BCUT2D eigenvalue weighted by Crippen LogP contribution is -2.59. The molecule has 1 aliphatic rings. The van der Waals surface area contributed by atoms with Crippen LogP contribution in [0.1, 0.15) is 33.6 Å². The van der Waals surface area contributed by atoms with Gasteiger partial charge in [0.1, 0.15) is 12.2 Å². The Morgan fingerprint density at radius 2 is 1.68 bits per heavy atom. The molecule has 1 fully saturated rings. The van der Waals surface area contributed by atoms with E-state index in [0.29, 0.717) is 12.5 Å². The van der Waals surface area contributed by atoms with Crippen LogP contribution in [0.15, 0.2) is 11.6 Å². The molecule has 3 atom stereocenters. The topological polar surface area (TPSA) is 135 Å². The third-order valence-electron chi connectivity index (χ3n) is 4.10. The van der Waals surface area contributed by atoms with E-state index in [0.717, 1.165) is 21.3 Å². The normalized spacial score (nSPS) is 23.5. The van der Waals surface area contributed by atoms with Gasteiger partial charge in [0.15, 0.2) is 11.6 Å². The Kier molecular flexibility index (Phi) is 7.85. The molecule has 1 rings (SSSR count). The van der Waals surface area contributed by atoms with Crippen molar-refractivity contribution in [2.75, 3.05) is 21.3 Å². The highest BCUT2D eigenvalue weighted by Gasteiger charge is 2.62. The molecule has 0 aromatic heterocycles. The number of ketones is 1. The summed E-state index contributed by atoms with van der Waals surface area (Å²) in [6.07, 6.45) is -1.94. The van der Waals surface area contributed by atoms with Crippen LogP contribution >= 0.6 is 0 Å². The SMILES string of the molecule is CCCC(=O)[C@@H]1OC(C)(C)O[C@H]1[C@@](O)(C(=O)OC)/C(=C/C(=O)OC)C(=O)OC. The molecule has 0 unspecified atom stereocenters. The second-order valence-corrected chi connectivity index (χ2v) is 6.52. The molecule has 0 aromatic carbocycles. The number of carbonyl (C=O) groups excluding carboxylic acids is 4. The summed E-state index contributed by atoms with van der Waals surface area (Å²) < 4.78 is 24.9. The number of hydrogen-bond donors (Lipinski definition) is 1. The van der Waals surface area contributed by atoms with Crippen molar-refractivity contribution in [2.45, 2.75) is 57.2 Å². The van der Waals surface area contributed by atoms with Crippen LogP contribution in [0, 0.1) is 0 Å². The number of aliphatic hydroxyl groups is 1. The predicted molar refractivity (Wildman–Crippen MR) is 92.8 cm³/mol. The van der Waals surface area contributed by atoms with Crippen molar-refractivity contribution in [1.82, 2.24) is 0 Å². The Labute approximate surface area is 162 Å². The highest BCUT2D eigenvalue weighted by molar-refractivity contribution is 6.05. The van der Waals surface area contributed by atoms with Crippen molar-refractivity contribution in [1.29, 1.82) is 0 Å². The first-order valence-electron chi connectivity index (χ1n) is 8.56. The molecule has 0 bridgehead atoms. The van der Waals surface area contributed by atoms with Gasteiger partial charge in [0.2, 0.25) is 5.60 Å². The van der Waals surface area contributed by atoms with Crippen LogP contribution in [0.5, 0.6) is 0 Å². The number of rotatable bonds is 8. The van der Waals surface area contributed by atoms with E-state index in [4.69, 9.17) is 9.47 Å². The van der Waals surface area contributed by atoms with Crippen LogP contribution in [0.3, 0.4) is 0 Å². The second-order valence-electron chi connectivity index (χ2n) is 6.52. The van der Waals surface area contributed by atoms with Crippen LogP contribution < -0.4 is 0 Å². The van der Waals surface area contributed by atoms with Crippen molar-refractivity contribution in [3.05, 3.63) is 11.6 Å². The third kappa shape index (κ3) is 4.75. The molecular weight excluding hydrogens is 376 g/mol. The quantitative estimate of drug-likeness (QED) is 0.337. The van der Waals surface area contributed by atoms with Crippen LogP contribution in [0.25, 0.3) is 0 Å². The summed E-state index contributed by atoms with van der Waals surface area (Å²) in [5, 5.41) is 11.3. The number of ether oxygens (including phenoxy) is 5. The first kappa shape index (κ1) is 23.7. The first-order chi connectivity index (χ1) is 13.0. The predicted octanol–water partition coefficient (Wildman–Crippen LogP) is 0.0522. The maximum absolute atomic E-state index is 12.6. The molecule has 28 heavy (non-hydrogen) atoms. The Bertz CT molecular complexity index is 665. The van der Waals surface area contributed by atoms with Gasteiger partial charge in [-0.15, -0.1) is 0 Å². The lowest BCUT2D eigenvalue weighted by molar-refractivity contribution is -0.187. The van der Waals surface area contributed by atoms with E-state index in [9.17, 15) is 24.3 Å². The molecule has 1 N–H and O–H groups in total.